The van der Waals surface area contributed by atoms with Crippen molar-refractivity contribution in [1.82, 2.24) is 24.4 Å². The topological polar surface area (TPSA) is 70.4 Å². The highest BCUT2D eigenvalue weighted by molar-refractivity contribution is 6.28. The van der Waals surface area contributed by atoms with Gasteiger partial charge in [-0.05, 0) is 37.8 Å². The number of aromatic nitrogens is 4. The van der Waals surface area contributed by atoms with Crippen LogP contribution in [0.5, 0.6) is 0 Å². The van der Waals surface area contributed by atoms with Crippen LogP contribution in [0, 0.1) is 0 Å². The second kappa shape index (κ2) is 6.90. The SMILES string of the molecule is CCn1c(N2CCN(C)C(=O)C2)nc2c(N3CCCCC3)nc(Cl)nc21. The average Bonchev–Trinajstić information content (AvgIpc) is 3.02. The smallest absolute Gasteiger partial charge is 0.242 e. The number of piperidine rings is 1. The van der Waals surface area contributed by atoms with Crippen molar-refractivity contribution in [2.75, 3.05) is 49.6 Å². The Morgan fingerprint density at radius 3 is 2.46 bits per heavy atom. The number of hydrogen-bond donors (Lipinski definition) is 0. The Labute approximate surface area is 157 Å². The van der Waals surface area contributed by atoms with Crippen LogP contribution in [-0.4, -0.2) is 70.1 Å². The van der Waals surface area contributed by atoms with E-state index in [1.165, 1.54) is 6.42 Å². The maximum absolute atomic E-state index is 12.2. The fourth-order valence-electron chi connectivity index (χ4n) is 3.74. The number of aryl methyl sites for hydroxylation is 1. The van der Waals surface area contributed by atoms with Crippen molar-refractivity contribution in [3.63, 3.8) is 0 Å². The Morgan fingerprint density at radius 1 is 1.00 bits per heavy atom. The van der Waals surface area contributed by atoms with E-state index in [1.807, 2.05) is 16.5 Å². The molecule has 4 rings (SSSR count). The van der Waals surface area contributed by atoms with E-state index in [1.54, 1.807) is 4.90 Å². The Balaban J connectivity index is 1.80. The van der Waals surface area contributed by atoms with Crippen LogP contribution in [0.15, 0.2) is 0 Å². The molecule has 0 atom stereocenters. The molecule has 2 aromatic rings. The summed E-state index contributed by atoms with van der Waals surface area (Å²) in [4.78, 5) is 32.0. The van der Waals surface area contributed by atoms with Gasteiger partial charge >= 0.3 is 0 Å². The van der Waals surface area contributed by atoms with Crippen LogP contribution in [0.4, 0.5) is 11.8 Å². The van der Waals surface area contributed by atoms with Gasteiger partial charge in [0.15, 0.2) is 17.0 Å². The van der Waals surface area contributed by atoms with Gasteiger partial charge in [-0.3, -0.25) is 9.36 Å². The Kier molecular flexibility index (Phi) is 4.60. The highest BCUT2D eigenvalue weighted by Gasteiger charge is 2.28. The second-order valence-corrected chi connectivity index (χ2v) is 7.27. The van der Waals surface area contributed by atoms with Crippen molar-refractivity contribution in [2.24, 2.45) is 0 Å². The van der Waals surface area contributed by atoms with Gasteiger partial charge in [0, 0.05) is 39.8 Å². The number of nitrogens with zero attached hydrogens (tertiary/aromatic N) is 7. The monoisotopic (exact) mass is 377 g/mol. The summed E-state index contributed by atoms with van der Waals surface area (Å²) in [6.45, 7) is 6.47. The molecule has 2 aliphatic heterocycles. The molecule has 0 radical (unpaired) electrons. The number of halogens is 1. The van der Waals surface area contributed by atoms with Gasteiger partial charge in [0.2, 0.25) is 17.1 Å². The molecule has 2 aliphatic rings. The van der Waals surface area contributed by atoms with Crippen LogP contribution < -0.4 is 9.80 Å². The number of fused-ring (bicyclic) bond motifs is 1. The zero-order valence-electron chi connectivity index (χ0n) is 15.3. The maximum atomic E-state index is 12.2. The van der Waals surface area contributed by atoms with Crippen molar-refractivity contribution >= 4 is 40.4 Å². The van der Waals surface area contributed by atoms with Crippen molar-refractivity contribution in [3.05, 3.63) is 5.28 Å². The van der Waals surface area contributed by atoms with E-state index < -0.39 is 0 Å². The van der Waals surface area contributed by atoms with E-state index in [2.05, 4.69) is 21.8 Å². The van der Waals surface area contributed by atoms with Gasteiger partial charge in [0.05, 0.1) is 6.54 Å². The largest absolute Gasteiger partial charge is 0.355 e. The van der Waals surface area contributed by atoms with Gasteiger partial charge in [-0.25, -0.2) is 4.98 Å². The minimum atomic E-state index is 0.103. The lowest BCUT2D eigenvalue weighted by Gasteiger charge is -2.32. The van der Waals surface area contributed by atoms with Crippen LogP contribution in [0.2, 0.25) is 5.28 Å². The Morgan fingerprint density at radius 2 is 1.77 bits per heavy atom. The van der Waals surface area contributed by atoms with Gasteiger partial charge in [0.1, 0.15) is 0 Å². The standard InChI is InChI=1S/C17H24ClN7O/c1-3-25-15-13(19-17(25)24-10-9-22(2)12(26)11-24)14(20-16(18)21-15)23-7-5-4-6-8-23/h3-11H2,1-2H3. The van der Waals surface area contributed by atoms with Crippen LogP contribution in [0.25, 0.3) is 11.2 Å². The number of carbonyl (C=O) groups excluding carboxylic acids is 1. The second-order valence-electron chi connectivity index (χ2n) is 6.93. The summed E-state index contributed by atoms with van der Waals surface area (Å²) in [5.41, 5.74) is 1.52. The predicted octanol–water partition coefficient (Wildman–Crippen LogP) is 1.77. The van der Waals surface area contributed by atoms with Crippen molar-refractivity contribution < 1.29 is 4.79 Å². The average molecular weight is 378 g/mol. The molecule has 2 saturated heterocycles. The van der Waals surface area contributed by atoms with Gasteiger partial charge in [-0.1, -0.05) is 0 Å². The van der Waals surface area contributed by atoms with E-state index in [9.17, 15) is 4.79 Å². The molecule has 0 N–H and O–H groups in total. The first kappa shape index (κ1) is 17.3. The van der Waals surface area contributed by atoms with E-state index in [-0.39, 0.29) is 11.2 Å². The number of piperazine rings is 1. The Hall–Kier alpha value is -2.09. The van der Waals surface area contributed by atoms with Crippen molar-refractivity contribution in [2.45, 2.75) is 32.7 Å². The summed E-state index contributed by atoms with van der Waals surface area (Å²) in [6.07, 6.45) is 3.55. The van der Waals surface area contributed by atoms with E-state index >= 15 is 0 Å². The lowest BCUT2D eigenvalue weighted by molar-refractivity contribution is -0.129. The summed E-state index contributed by atoms with van der Waals surface area (Å²) >= 11 is 6.24. The third kappa shape index (κ3) is 2.96. The van der Waals surface area contributed by atoms with Crippen LogP contribution in [-0.2, 0) is 11.3 Å². The first-order valence-corrected chi connectivity index (χ1v) is 9.64. The molecule has 0 saturated carbocycles. The molecule has 26 heavy (non-hydrogen) atoms. The van der Waals surface area contributed by atoms with Crippen molar-refractivity contribution in [3.8, 4) is 0 Å². The normalized spacial score (nSPS) is 18.9. The summed E-state index contributed by atoms with van der Waals surface area (Å²) in [5.74, 6) is 1.69. The summed E-state index contributed by atoms with van der Waals surface area (Å²) in [7, 11) is 1.84. The van der Waals surface area contributed by atoms with Gasteiger partial charge in [-0.15, -0.1) is 0 Å². The first-order valence-electron chi connectivity index (χ1n) is 9.26. The molecule has 0 aromatic carbocycles. The number of anilines is 2. The van der Waals surface area contributed by atoms with Crippen LogP contribution >= 0.6 is 11.6 Å². The van der Waals surface area contributed by atoms with Crippen molar-refractivity contribution in [1.29, 1.82) is 0 Å². The maximum Gasteiger partial charge on any atom is 0.242 e. The third-order valence-corrected chi connectivity index (χ3v) is 5.41. The summed E-state index contributed by atoms with van der Waals surface area (Å²) in [5, 5.41) is 0.244. The zero-order chi connectivity index (χ0) is 18.3. The molecule has 8 nitrogen and oxygen atoms in total. The first-order chi connectivity index (χ1) is 12.6. The minimum absolute atomic E-state index is 0.103. The Bertz CT molecular complexity index is 830. The fourth-order valence-corrected chi connectivity index (χ4v) is 3.90. The number of carbonyl (C=O) groups is 1. The molecule has 0 bridgehead atoms. The van der Waals surface area contributed by atoms with E-state index in [0.717, 1.165) is 55.4 Å². The van der Waals surface area contributed by atoms with Crippen LogP contribution in [0.1, 0.15) is 26.2 Å². The van der Waals surface area contributed by atoms with Gasteiger partial charge in [-0.2, -0.15) is 9.97 Å². The molecule has 1 amide bonds. The summed E-state index contributed by atoms with van der Waals surface area (Å²) < 4.78 is 2.04. The lowest BCUT2D eigenvalue weighted by atomic mass is 10.1. The van der Waals surface area contributed by atoms with Crippen LogP contribution in [0.3, 0.4) is 0 Å². The van der Waals surface area contributed by atoms with E-state index in [0.29, 0.717) is 19.6 Å². The molecular formula is C17H24ClN7O. The lowest BCUT2D eigenvalue weighted by Crippen LogP contribution is -2.49. The predicted molar refractivity (Wildman–Crippen MR) is 102 cm³/mol. The van der Waals surface area contributed by atoms with E-state index in [4.69, 9.17) is 16.6 Å². The molecule has 0 unspecified atom stereocenters. The third-order valence-electron chi connectivity index (χ3n) is 5.24. The minimum Gasteiger partial charge on any atom is -0.355 e. The fraction of sp³-hybridized carbons (Fsp3) is 0.647. The molecule has 9 heteroatoms. The van der Waals surface area contributed by atoms with Gasteiger partial charge < -0.3 is 14.7 Å². The molecule has 0 aliphatic carbocycles. The highest BCUT2D eigenvalue weighted by Crippen LogP contribution is 2.31. The number of hydrogen-bond acceptors (Lipinski definition) is 6. The molecule has 2 fully saturated rings. The molecule has 140 valence electrons. The number of amides is 1. The molecule has 0 spiro atoms. The molecule has 2 aromatic heterocycles. The number of likely N-dealkylation sites (N-methyl/N-ethyl adjacent to an activating group) is 1. The summed E-state index contributed by atoms with van der Waals surface area (Å²) in [6, 6.07) is 0. The number of rotatable bonds is 3. The quantitative estimate of drug-likeness (QED) is 0.759. The number of imidazole rings is 1. The zero-order valence-corrected chi connectivity index (χ0v) is 16.0. The highest BCUT2D eigenvalue weighted by atomic mass is 35.5. The van der Waals surface area contributed by atoms with Gasteiger partial charge in [0.25, 0.3) is 0 Å². The molecular weight excluding hydrogens is 354 g/mol. The molecule has 4 heterocycles.